The zero-order valence-corrected chi connectivity index (χ0v) is 13.4. The molecule has 0 radical (unpaired) electrons. The lowest BCUT2D eigenvalue weighted by Crippen LogP contribution is -2.44. The van der Waals surface area contributed by atoms with Gasteiger partial charge in [0.2, 0.25) is 0 Å². The molecule has 2 aromatic rings. The summed E-state index contributed by atoms with van der Waals surface area (Å²) in [7, 11) is 1.92. The molecule has 2 heterocycles. The number of rotatable bonds is 3. The van der Waals surface area contributed by atoms with Crippen molar-refractivity contribution < 1.29 is 4.79 Å². The van der Waals surface area contributed by atoms with Crippen LogP contribution < -0.4 is 11.1 Å². The molecule has 114 valence electrons. The van der Waals surface area contributed by atoms with Crippen LogP contribution in [0.2, 0.25) is 0 Å². The Balaban J connectivity index is 1.78. The van der Waals surface area contributed by atoms with E-state index in [1.807, 2.05) is 24.7 Å². The summed E-state index contributed by atoms with van der Waals surface area (Å²) in [6.45, 7) is 2.63. The van der Waals surface area contributed by atoms with Crippen molar-refractivity contribution in [1.29, 1.82) is 0 Å². The van der Waals surface area contributed by atoms with Gasteiger partial charge in [-0.25, -0.2) is 0 Å². The number of thiophene rings is 1. The Morgan fingerprint density at radius 3 is 3.00 bits per heavy atom. The highest BCUT2D eigenvalue weighted by Crippen LogP contribution is 2.29. The van der Waals surface area contributed by atoms with E-state index in [4.69, 9.17) is 5.73 Å². The van der Waals surface area contributed by atoms with Crippen LogP contribution in [0.25, 0.3) is 10.2 Å². The van der Waals surface area contributed by atoms with E-state index in [1.165, 1.54) is 24.2 Å². The van der Waals surface area contributed by atoms with Crippen LogP contribution >= 0.6 is 11.3 Å². The third-order valence-electron chi connectivity index (χ3n) is 4.45. The van der Waals surface area contributed by atoms with Gasteiger partial charge in [-0.15, -0.1) is 11.3 Å². The molecule has 1 fully saturated rings. The zero-order chi connectivity index (χ0) is 15.0. The lowest BCUT2D eigenvalue weighted by Gasteiger charge is -2.31. The molecule has 1 amide bonds. The molecule has 1 saturated carbocycles. The van der Waals surface area contributed by atoms with E-state index in [1.54, 1.807) is 0 Å². The average molecular weight is 306 g/mol. The van der Waals surface area contributed by atoms with E-state index >= 15 is 0 Å². The maximum absolute atomic E-state index is 12.5. The smallest absolute Gasteiger partial charge is 0.261 e. The van der Waals surface area contributed by atoms with Gasteiger partial charge in [-0.1, -0.05) is 12.8 Å². The summed E-state index contributed by atoms with van der Waals surface area (Å²) in [4.78, 5) is 14.3. The number of carbonyl (C=O) groups is 1. The number of aryl methyl sites for hydroxylation is 2. The second-order valence-electron chi connectivity index (χ2n) is 5.90. The fraction of sp³-hybridized carbons (Fsp3) is 0.600. The normalized spacial score (nSPS) is 22.6. The van der Waals surface area contributed by atoms with E-state index in [0.717, 1.165) is 33.6 Å². The van der Waals surface area contributed by atoms with E-state index in [-0.39, 0.29) is 11.9 Å². The van der Waals surface area contributed by atoms with Crippen molar-refractivity contribution in [3.8, 4) is 0 Å². The van der Waals surface area contributed by atoms with Crippen molar-refractivity contribution in [3.63, 3.8) is 0 Å². The van der Waals surface area contributed by atoms with Crippen LogP contribution in [0, 0.1) is 12.8 Å². The van der Waals surface area contributed by atoms with Gasteiger partial charge < -0.3 is 11.1 Å². The summed E-state index contributed by atoms with van der Waals surface area (Å²) in [6, 6.07) is 2.18. The number of aromatic nitrogens is 2. The lowest BCUT2D eigenvalue weighted by atomic mass is 9.84. The SMILES string of the molecule is Cc1nn(C)c2sc(C(=O)NC3CCCCC3CN)cc12. The van der Waals surface area contributed by atoms with Crippen molar-refractivity contribution >= 4 is 27.5 Å². The molecule has 6 heteroatoms. The van der Waals surface area contributed by atoms with Gasteiger partial charge in [-0.3, -0.25) is 9.48 Å². The molecule has 3 rings (SSSR count). The van der Waals surface area contributed by atoms with Crippen molar-refractivity contribution in [1.82, 2.24) is 15.1 Å². The fourth-order valence-corrected chi connectivity index (χ4v) is 4.26. The number of carbonyl (C=O) groups excluding carboxylic acids is 1. The van der Waals surface area contributed by atoms with Gasteiger partial charge in [-0.05, 0) is 38.3 Å². The molecule has 0 bridgehead atoms. The van der Waals surface area contributed by atoms with Crippen molar-refractivity contribution in [3.05, 3.63) is 16.6 Å². The first kappa shape index (κ1) is 14.5. The molecule has 2 atom stereocenters. The molecule has 3 N–H and O–H groups in total. The Bertz CT molecular complexity index is 625. The van der Waals surface area contributed by atoms with Crippen molar-refractivity contribution in [2.75, 3.05) is 6.54 Å². The van der Waals surface area contributed by atoms with Crippen LogP contribution in [-0.4, -0.2) is 28.3 Å². The largest absolute Gasteiger partial charge is 0.348 e. The van der Waals surface area contributed by atoms with Crippen LogP contribution in [-0.2, 0) is 7.05 Å². The maximum Gasteiger partial charge on any atom is 0.261 e. The summed E-state index contributed by atoms with van der Waals surface area (Å²) >= 11 is 1.51. The molecule has 1 aliphatic rings. The quantitative estimate of drug-likeness (QED) is 0.913. The predicted octanol–water partition coefficient (Wildman–Crippen LogP) is 2.19. The summed E-state index contributed by atoms with van der Waals surface area (Å²) < 4.78 is 1.84. The van der Waals surface area contributed by atoms with Crippen LogP contribution in [0.5, 0.6) is 0 Å². The van der Waals surface area contributed by atoms with E-state index in [0.29, 0.717) is 12.5 Å². The first-order chi connectivity index (χ1) is 10.1. The molecule has 0 saturated heterocycles. The van der Waals surface area contributed by atoms with E-state index < -0.39 is 0 Å². The first-order valence-corrected chi connectivity index (χ1v) is 8.36. The third-order valence-corrected chi connectivity index (χ3v) is 5.65. The Morgan fingerprint density at radius 1 is 1.52 bits per heavy atom. The molecular formula is C15H22N4OS. The third kappa shape index (κ3) is 2.70. The Morgan fingerprint density at radius 2 is 2.29 bits per heavy atom. The summed E-state index contributed by atoms with van der Waals surface area (Å²) in [5.74, 6) is 0.446. The number of nitrogens with two attached hydrogens (primary N) is 1. The topological polar surface area (TPSA) is 72.9 Å². The van der Waals surface area contributed by atoms with Crippen molar-refractivity contribution in [2.45, 2.75) is 38.6 Å². The van der Waals surface area contributed by atoms with Crippen molar-refractivity contribution in [2.24, 2.45) is 18.7 Å². The number of nitrogens with one attached hydrogen (secondary N) is 1. The van der Waals surface area contributed by atoms with Gasteiger partial charge in [0.05, 0.1) is 10.6 Å². The summed E-state index contributed by atoms with van der Waals surface area (Å²) in [6.07, 6.45) is 4.56. The van der Waals surface area contributed by atoms with Crippen LogP contribution in [0.15, 0.2) is 6.07 Å². The summed E-state index contributed by atoms with van der Waals surface area (Å²) in [5.41, 5.74) is 6.80. The van der Waals surface area contributed by atoms with Gasteiger partial charge in [0.1, 0.15) is 4.83 Å². The van der Waals surface area contributed by atoms with Gasteiger partial charge >= 0.3 is 0 Å². The molecule has 2 aromatic heterocycles. The second-order valence-corrected chi connectivity index (χ2v) is 6.93. The zero-order valence-electron chi connectivity index (χ0n) is 12.6. The Hall–Kier alpha value is -1.40. The highest BCUT2D eigenvalue weighted by atomic mass is 32.1. The monoisotopic (exact) mass is 306 g/mol. The molecule has 0 aromatic carbocycles. The number of hydrogen-bond donors (Lipinski definition) is 2. The average Bonchev–Trinajstić information content (AvgIpc) is 3.02. The van der Waals surface area contributed by atoms with Crippen LogP contribution in [0.4, 0.5) is 0 Å². The van der Waals surface area contributed by atoms with Gasteiger partial charge in [0.25, 0.3) is 5.91 Å². The van der Waals surface area contributed by atoms with E-state index in [9.17, 15) is 4.79 Å². The number of amides is 1. The number of nitrogens with zero attached hydrogens (tertiary/aromatic N) is 2. The molecule has 5 nitrogen and oxygen atoms in total. The van der Waals surface area contributed by atoms with E-state index in [2.05, 4.69) is 10.4 Å². The molecule has 0 aliphatic heterocycles. The Kier molecular flexibility index (Phi) is 3.99. The molecule has 21 heavy (non-hydrogen) atoms. The Labute approximate surface area is 128 Å². The minimum atomic E-state index is 0.0287. The highest BCUT2D eigenvalue weighted by Gasteiger charge is 2.26. The number of fused-ring (bicyclic) bond motifs is 1. The molecule has 1 aliphatic carbocycles. The lowest BCUT2D eigenvalue weighted by molar-refractivity contribution is 0.0912. The molecular weight excluding hydrogens is 284 g/mol. The molecule has 0 spiro atoms. The standard InChI is InChI=1S/C15H22N4OS/c1-9-11-7-13(21-15(11)19(2)18-9)14(20)17-12-6-4-3-5-10(12)8-16/h7,10,12H,3-6,8,16H2,1-2H3,(H,17,20). The first-order valence-electron chi connectivity index (χ1n) is 7.54. The fourth-order valence-electron chi connectivity index (χ4n) is 3.24. The van der Waals surface area contributed by atoms with Gasteiger partial charge in [0.15, 0.2) is 0 Å². The number of hydrogen-bond acceptors (Lipinski definition) is 4. The second kappa shape index (κ2) is 5.77. The minimum absolute atomic E-state index is 0.0287. The minimum Gasteiger partial charge on any atom is -0.348 e. The molecule has 2 unspecified atom stereocenters. The van der Waals surface area contributed by atoms with Gasteiger partial charge in [-0.2, -0.15) is 5.10 Å². The summed E-state index contributed by atoms with van der Waals surface area (Å²) in [5, 5.41) is 8.63. The maximum atomic E-state index is 12.5. The van der Waals surface area contributed by atoms with Crippen LogP contribution in [0.3, 0.4) is 0 Å². The highest BCUT2D eigenvalue weighted by molar-refractivity contribution is 7.20. The van der Waals surface area contributed by atoms with Gasteiger partial charge in [0, 0.05) is 18.5 Å². The predicted molar refractivity (Wildman–Crippen MR) is 85.6 cm³/mol. The van der Waals surface area contributed by atoms with Crippen LogP contribution in [0.1, 0.15) is 41.0 Å².